The molecule has 0 saturated heterocycles. The highest BCUT2D eigenvalue weighted by Crippen LogP contribution is 2.29. The Morgan fingerprint density at radius 3 is 2.05 bits per heavy atom. The van der Waals surface area contributed by atoms with Crippen molar-refractivity contribution < 1.29 is 8.42 Å². The zero-order valence-electron chi connectivity index (χ0n) is 10.9. The number of allylic oxidation sites excluding steroid dienone is 1. The van der Waals surface area contributed by atoms with Crippen LogP contribution >= 0.6 is 34.8 Å². The molecule has 0 spiro atoms. The summed E-state index contributed by atoms with van der Waals surface area (Å²) in [6, 6.07) is 12.0. The Hall–Kier alpha value is -1.51. The molecule has 0 aliphatic rings. The van der Waals surface area contributed by atoms with Gasteiger partial charge in [0.1, 0.15) is 11.0 Å². The molecule has 22 heavy (non-hydrogen) atoms. The predicted molar refractivity (Wildman–Crippen MR) is 88.7 cm³/mol. The van der Waals surface area contributed by atoms with Gasteiger partial charge in [0.25, 0.3) is 0 Å². The van der Waals surface area contributed by atoms with Gasteiger partial charge in [-0.3, -0.25) is 0 Å². The van der Waals surface area contributed by atoms with E-state index in [0.29, 0.717) is 5.02 Å². The van der Waals surface area contributed by atoms with Crippen molar-refractivity contribution in [3.05, 3.63) is 68.0 Å². The Morgan fingerprint density at radius 1 is 1.00 bits per heavy atom. The summed E-state index contributed by atoms with van der Waals surface area (Å²) >= 11 is 17.7. The second-order valence-corrected chi connectivity index (χ2v) is 7.38. The fourth-order valence-electron chi connectivity index (χ4n) is 1.69. The van der Waals surface area contributed by atoms with Gasteiger partial charge in [0.15, 0.2) is 0 Å². The van der Waals surface area contributed by atoms with E-state index >= 15 is 0 Å². The number of sulfone groups is 1. The number of rotatable bonds is 3. The number of hydrogen-bond acceptors (Lipinski definition) is 3. The van der Waals surface area contributed by atoms with E-state index in [4.69, 9.17) is 34.8 Å². The van der Waals surface area contributed by atoms with Gasteiger partial charge in [0.2, 0.25) is 9.84 Å². The van der Waals surface area contributed by atoms with Gasteiger partial charge in [-0.2, -0.15) is 5.26 Å². The maximum absolute atomic E-state index is 12.5. The van der Waals surface area contributed by atoms with Gasteiger partial charge in [-0.25, -0.2) is 8.42 Å². The molecule has 0 unspecified atom stereocenters. The van der Waals surface area contributed by atoms with E-state index in [1.165, 1.54) is 24.3 Å². The van der Waals surface area contributed by atoms with Crippen LogP contribution in [0.1, 0.15) is 5.56 Å². The Morgan fingerprint density at radius 2 is 1.55 bits per heavy atom. The third-order valence-corrected chi connectivity index (χ3v) is 5.39. The quantitative estimate of drug-likeness (QED) is 0.713. The van der Waals surface area contributed by atoms with Crippen LogP contribution < -0.4 is 0 Å². The third-order valence-electron chi connectivity index (χ3n) is 2.80. The highest BCUT2D eigenvalue weighted by atomic mass is 35.5. The summed E-state index contributed by atoms with van der Waals surface area (Å²) in [5, 5.41) is 10.1. The summed E-state index contributed by atoms with van der Waals surface area (Å²) in [5.41, 5.74) is 0.278. The smallest absolute Gasteiger partial charge is 0.216 e. The number of nitriles is 1. The number of halogens is 3. The molecule has 0 fully saturated rings. The molecule has 0 aliphatic carbocycles. The normalized spacial score (nSPS) is 12.0. The second-order valence-electron chi connectivity index (χ2n) is 4.21. The Balaban J connectivity index is 2.59. The maximum atomic E-state index is 12.5. The Labute approximate surface area is 143 Å². The van der Waals surface area contributed by atoms with Crippen molar-refractivity contribution in [3.8, 4) is 6.07 Å². The molecule has 7 heteroatoms. The molecule has 2 aromatic rings. The fourth-order valence-corrected chi connectivity index (χ4v) is 3.46. The SMILES string of the molecule is N#CC(=Cc1c(Cl)cccc1Cl)S(=O)(=O)c1ccc(Cl)cc1. The lowest BCUT2D eigenvalue weighted by atomic mass is 10.2. The van der Waals surface area contributed by atoms with E-state index in [9.17, 15) is 13.7 Å². The molecule has 0 saturated carbocycles. The lowest BCUT2D eigenvalue weighted by Gasteiger charge is -2.05. The van der Waals surface area contributed by atoms with Crippen LogP contribution in [0.15, 0.2) is 52.3 Å². The largest absolute Gasteiger partial charge is 0.218 e. The van der Waals surface area contributed by atoms with E-state index in [1.54, 1.807) is 24.3 Å². The lowest BCUT2D eigenvalue weighted by Crippen LogP contribution is -2.03. The zero-order chi connectivity index (χ0) is 16.3. The van der Waals surface area contributed by atoms with Crippen molar-refractivity contribution in [3.63, 3.8) is 0 Å². The summed E-state index contributed by atoms with van der Waals surface area (Å²) in [5.74, 6) is 0. The monoisotopic (exact) mass is 371 g/mol. The van der Waals surface area contributed by atoms with Crippen LogP contribution in [-0.2, 0) is 9.84 Å². The first-order valence-corrected chi connectivity index (χ1v) is 8.54. The van der Waals surface area contributed by atoms with E-state index in [0.717, 1.165) is 6.08 Å². The molecule has 2 rings (SSSR count). The van der Waals surface area contributed by atoms with Crippen LogP contribution in [0.5, 0.6) is 0 Å². The molecule has 2 aromatic carbocycles. The molecule has 0 aliphatic heterocycles. The van der Waals surface area contributed by atoms with Crippen molar-refractivity contribution in [1.82, 2.24) is 0 Å². The van der Waals surface area contributed by atoms with E-state index in [1.807, 2.05) is 0 Å². The van der Waals surface area contributed by atoms with Crippen LogP contribution in [0.4, 0.5) is 0 Å². The maximum Gasteiger partial charge on any atom is 0.216 e. The molecule has 0 bridgehead atoms. The van der Waals surface area contributed by atoms with E-state index in [-0.39, 0.29) is 20.5 Å². The van der Waals surface area contributed by atoms with Crippen molar-refractivity contribution in [2.45, 2.75) is 4.90 Å². The van der Waals surface area contributed by atoms with Gasteiger partial charge >= 0.3 is 0 Å². The van der Waals surface area contributed by atoms with Gasteiger partial charge in [-0.05, 0) is 42.5 Å². The number of nitrogens with zero attached hydrogens (tertiary/aromatic N) is 1. The van der Waals surface area contributed by atoms with Crippen LogP contribution in [0.3, 0.4) is 0 Å². The summed E-state index contributed by atoms with van der Waals surface area (Å²) in [7, 11) is -3.98. The first-order valence-electron chi connectivity index (χ1n) is 5.92. The minimum Gasteiger partial charge on any atom is -0.218 e. The van der Waals surface area contributed by atoms with Gasteiger partial charge in [0, 0.05) is 20.6 Å². The Bertz CT molecular complexity index is 862. The molecular weight excluding hydrogens is 365 g/mol. The van der Waals surface area contributed by atoms with Crippen molar-refractivity contribution >= 4 is 50.7 Å². The summed E-state index contributed by atoms with van der Waals surface area (Å²) < 4.78 is 25.0. The molecule has 0 aromatic heterocycles. The molecule has 3 nitrogen and oxygen atoms in total. The first-order chi connectivity index (χ1) is 10.4. The second kappa shape index (κ2) is 6.72. The van der Waals surface area contributed by atoms with E-state index < -0.39 is 14.7 Å². The highest BCUT2D eigenvalue weighted by Gasteiger charge is 2.21. The molecule has 0 amide bonds. The molecule has 112 valence electrons. The molecular formula is C15H8Cl3NO2S. The number of benzene rings is 2. The van der Waals surface area contributed by atoms with Crippen molar-refractivity contribution in [2.24, 2.45) is 0 Å². The molecule has 0 heterocycles. The zero-order valence-corrected chi connectivity index (χ0v) is 14.0. The summed E-state index contributed by atoms with van der Waals surface area (Å²) in [4.78, 5) is -0.488. The van der Waals surface area contributed by atoms with Gasteiger partial charge in [-0.1, -0.05) is 40.9 Å². The van der Waals surface area contributed by atoms with Gasteiger partial charge in [0.05, 0.1) is 4.90 Å². The molecule has 0 atom stereocenters. The van der Waals surface area contributed by atoms with Crippen molar-refractivity contribution in [1.29, 1.82) is 5.26 Å². The number of hydrogen-bond donors (Lipinski definition) is 0. The van der Waals surface area contributed by atoms with Gasteiger partial charge < -0.3 is 0 Å². The third kappa shape index (κ3) is 3.45. The van der Waals surface area contributed by atoms with Crippen molar-refractivity contribution in [2.75, 3.05) is 0 Å². The average molecular weight is 373 g/mol. The predicted octanol–water partition coefficient (Wildman–Crippen LogP) is 4.99. The minimum absolute atomic E-state index is 0.0344. The molecule has 0 N–H and O–H groups in total. The van der Waals surface area contributed by atoms with Crippen LogP contribution in [0, 0.1) is 11.3 Å². The van der Waals surface area contributed by atoms with E-state index in [2.05, 4.69) is 0 Å². The average Bonchev–Trinajstić information content (AvgIpc) is 2.47. The Kier molecular flexibility index (Phi) is 5.15. The molecule has 0 radical (unpaired) electrons. The lowest BCUT2D eigenvalue weighted by molar-refractivity contribution is 0.603. The highest BCUT2D eigenvalue weighted by molar-refractivity contribution is 7.95. The van der Waals surface area contributed by atoms with Crippen LogP contribution in [0.25, 0.3) is 6.08 Å². The minimum atomic E-state index is -3.98. The summed E-state index contributed by atoms with van der Waals surface area (Å²) in [6.45, 7) is 0. The van der Waals surface area contributed by atoms with Crippen LogP contribution in [-0.4, -0.2) is 8.42 Å². The van der Waals surface area contributed by atoms with Gasteiger partial charge in [-0.15, -0.1) is 0 Å². The topological polar surface area (TPSA) is 57.9 Å². The first kappa shape index (κ1) is 16.9. The summed E-state index contributed by atoms with van der Waals surface area (Å²) in [6.07, 6.45) is 1.16. The fraction of sp³-hybridized carbons (Fsp3) is 0. The standard InChI is InChI=1S/C15H8Cl3NO2S/c16-10-4-6-11(7-5-10)22(20,21)12(9-19)8-13-14(17)2-1-3-15(13)18/h1-8H. The van der Waals surface area contributed by atoms with Crippen LogP contribution in [0.2, 0.25) is 15.1 Å².